The van der Waals surface area contributed by atoms with Crippen LogP contribution in [0.3, 0.4) is 0 Å². The van der Waals surface area contributed by atoms with Gasteiger partial charge in [0.2, 0.25) is 5.91 Å². The van der Waals surface area contributed by atoms with Gasteiger partial charge in [-0.1, -0.05) is 6.07 Å². The predicted molar refractivity (Wildman–Crippen MR) is 128 cm³/mol. The molecule has 1 unspecified atom stereocenters. The zero-order valence-electron chi connectivity index (χ0n) is 20.0. The highest BCUT2D eigenvalue weighted by Gasteiger charge is 2.29. The number of nitrogens with one attached hydrogen (secondary N) is 1. The highest BCUT2D eigenvalue weighted by molar-refractivity contribution is 5.76. The second kappa shape index (κ2) is 9.21. The Morgan fingerprint density at radius 3 is 2.79 bits per heavy atom. The number of hydrogen-bond donors (Lipinski definition) is 1. The fourth-order valence-corrected chi connectivity index (χ4v) is 5.02. The number of aryl methyl sites for hydroxylation is 3. The van der Waals surface area contributed by atoms with Crippen LogP contribution in [0.5, 0.6) is 0 Å². The normalized spacial score (nSPS) is 18.8. The van der Waals surface area contributed by atoms with Crippen LogP contribution in [0.2, 0.25) is 0 Å². The summed E-state index contributed by atoms with van der Waals surface area (Å²) >= 11 is 0. The molecule has 5 rings (SSSR count). The van der Waals surface area contributed by atoms with Crippen LogP contribution in [0.25, 0.3) is 5.65 Å². The van der Waals surface area contributed by atoms with Gasteiger partial charge in [0.05, 0.1) is 17.4 Å². The Kier molecular flexibility index (Phi) is 6.15. The lowest BCUT2D eigenvalue weighted by Crippen LogP contribution is -2.26. The van der Waals surface area contributed by atoms with Gasteiger partial charge in [0.25, 0.3) is 0 Å². The van der Waals surface area contributed by atoms with Crippen LogP contribution in [0, 0.1) is 26.7 Å². The van der Waals surface area contributed by atoms with Crippen LogP contribution in [0.4, 0.5) is 0 Å². The first-order chi connectivity index (χ1) is 16.0. The van der Waals surface area contributed by atoms with Crippen LogP contribution >= 0.6 is 0 Å². The van der Waals surface area contributed by atoms with E-state index in [0.717, 1.165) is 72.2 Å². The Bertz CT molecular complexity index is 1170. The van der Waals surface area contributed by atoms with Crippen molar-refractivity contribution in [2.45, 2.75) is 71.9 Å². The molecule has 1 N–H and O–H groups in total. The quantitative estimate of drug-likeness (QED) is 0.569. The maximum absolute atomic E-state index is 12.3. The van der Waals surface area contributed by atoms with Crippen molar-refractivity contribution in [3.05, 3.63) is 58.3 Å². The maximum atomic E-state index is 12.3. The van der Waals surface area contributed by atoms with Crippen LogP contribution < -0.4 is 5.32 Å². The van der Waals surface area contributed by atoms with Crippen molar-refractivity contribution in [2.24, 2.45) is 5.92 Å². The third-order valence-electron chi connectivity index (χ3n) is 7.09. The van der Waals surface area contributed by atoms with Gasteiger partial charge in [0.1, 0.15) is 0 Å². The van der Waals surface area contributed by atoms with Crippen molar-refractivity contribution >= 4 is 11.6 Å². The summed E-state index contributed by atoms with van der Waals surface area (Å²) in [5.41, 5.74) is 7.35. The minimum Gasteiger partial charge on any atom is -0.356 e. The zero-order valence-corrected chi connectivity index (χ0v) is 20.0. The molecule has 7 heteroatoms. The minimum absolute atomic E-state index is 0.133. The van der Waals surface area contributed by atoms with Gasteiger partial charge in [-0.3, -0.25) is 14.7 Å². The summed E-state index contributed by atoms with van der Waals surface area (Å²) < 4.78 is 1.97. The van der Waals surface area contributed by atoms with Gasteiger partial charge in [0, 0.05) is 42.7 Å². The Labute approximate surface area is 195 Å². The number of pyridine rings is 1. The highest BCUT2D eigenvalue weighted by atomic mass is 16.1. The number of carbonyl (C=O) groups excluding carboxylic acids is 1. The Balaban J connectivity index is 1.33. The molecule has 1 aliphatic carbocycles. The Morgan fingerprint density at radius 1 is 1.15 bits per heavy atom. The van der Waals surface area contributed by atoms with Gasteiger partial charge in [-0.05, 0) is 83.0 Å². The van der Waals surface area contributed by atoms with E-state index >= 15 is 0 Å². The number of likely N-dealkylation sites (tertiary alicyclic amines) is 1. The van der Waals surface area contributed by atoms with E-state index in [4.69, 9.17) is 15.1 Å². The molecule has 3 aromatic heterocycles. The molecule has 0 radical (unpaired) electrons. The lowest BCUT2D eigenvalue weighted by molar-refractivity contribution is -0.121. The third kappa shape index (κ3) is 4.93. The number of nitrogens with zero attached hydrogens (tertiary/aromatic N) is 5. The molecule has 1 atom stereocenters. The molecule has 0 bridgehead atoms. The van der Waals surface area contributed by atoms with E-state index in [1.807, 2.05) is 24.4 Å². The van der Waals surface area contributed by atoms with E-state index in [-0.39, 0.29) is 11.9 Å². The first-order valence-corrected chi connectivity index (χ1v) is 12.3. The number of fused-ring (bicyclic) bond motifs is 1. The second-order valence-corrected chi connectivity index (χ2v) is 9.75. The van der Waals surface area contributed by atoms with E-state index < -0.39 is 0 Å². The average Bonchev–Trinajstić information content (AvgIpc) is 3.34. The molecule has 0 spiro atoms. The molecular formula is C26H34N6O. The molecule has 174 valence electrons. The predicted octanol–water partition coefficient (Wildman–Crippen LogP) is 3.85. The molecule has 33 heavy (non-hydrogen) atoms. The third-order valence-corrected chi connectivity index (χ3v) is 7.09. The van der Waals surface area contributed by atoms with Gasteiger partial charge in [-0.25, -0.2) is 9.50 Å². The zero-order chi connectivity index (χ0) is 22.9. The van der Waals surface area contributed by atoms with Crippen molar-refractivity contribution in [3.63, 3.8) is 0 Å². The molecular weight excluding hydrogens is 412 g/mol. The first-order valence-electron chi connectivity index (χ1n) is 12.3. The average molecular weight is 447 g/mol. The summed E-state index contributed by atoms with van der Waals surface area (Å²) in [4.78, 5) is 24.3. The second-order valence-electron chi connectivity index (χ2n) is 9.75. The Hall–Kier alpha value is -2.80. The lowest BCUT2D eigenvalue weighted by Gasteiger charge is -2.22. The smallest absolute Gasteiger partial charge is 0.220 e. The number of rotatable bonds is 8. The van der Waals surface area contributed by atoms with Gasteiger partial charge >= 0.3 is 0 Å². The van der Waals surface area contributed by atoms with E-state index in [1.54, 1.807) is 0 Å². The molecule has 1 amide bonds. The summed E-state index contributed by atoms with van der Waals surface area (Å²) in [5.74, 6) is 0.836. The molecule has 0 aromatic carbocycles. The van der Waals surface area contributed by atoms with Gasteiger partial charge in [-0.15, -0.1) is 0 Å². The highest BCUT2D eigenvalue weighted by Crippen LogP contribution is 2.33. The summed E-state index contributed by atoms with van der Waals surface area (Å²) in [6.45, 7) is 8.90. The van der Waals surface area contributed by atoms with Crippen LogP contribution in [0.15, 0.2) is 24.3 Å². The van der Waals surface area contributed by atoms with E-state index in [9.17, 15) is 4.79 Å². The SMILES string of the molecule is Cc1cccc(CN2CCCC2c2cc3nc(C)c(CCC(=O)NCC4CC4)c(C)n3n2)n1. The van der Waals surface area contributed by atoms with Crippen LogP contribution in [0.1, 0.15) is 72.2 Å². The minimum atomic E-state index is 0.133. The van der Waals surface area contributed by atoms with Crippen molar-refractivity contribution in [3.8, 4) is 0 Å². The molecule has 3 aromatic rings. The fourth-order valence-electron chi connectivity index (χ4n) is 5.02. The molecule has 1 saturated heterocycles. The molecule has 2 aliphatic rings. The summed E-state index contributed by atoms with van der Waals surface area (Å²) in [6.07, 6.45) is 5.95. The van der Waals surface area contributed by atoms with E-state index in [2.05, 4.69) is 35.3 Å². The number of amides is 1. The van der Waals surface area contributed by atoms with Crippen LogP contribution in [-0.4, -0.2) is 43.5 Å². The number of hydrogen-bond acceptors (Lipinski definition) is 5. The first kappa shape index (κ1) is 22.0. The van der Waals surface area contributed by atoms with Crippen molar-refractivity contribution in [1.29, 1.82) is 0 Å². The largest absolute Gasteiger partial charge is 0.356 e. The standard InChI is InChI=1S/C26H34N6O/c1-17-6-4-7-21(28-17)16-31-13-5-8-24(31)23-14-25-29-18(2)22(19(3)32(25)30-23)11-12-26(33)27-15-20-9-10-20/h4,6-7,14,20,24H,5,8-13,15-16H2,1-3H3,(H,27,33). The van der Waals surface area contributed by atoms with E-state index in [0.29, 0.717) is 18.8 Å². The lowest BCUT2D eigenvalue weighted by atomic mass is 10.1. The topological polar surface area (TPSA) is 75.4 Å². The monoisotopic (exact) mass is 446 g/mol. The fraction of sp³-hybridized carbons (Fsp3) is 0.538. The van der Waals surface area contributed by atoms with Gasteiger partial charge in [-0.2, -0.15) is 5.10 Å². The molecule has 1 aliphatic heterocycles. The number of aromatic nitrogens is 4. The van der Waals surface area contributed by atoms with Crippen molar-refractivity contribution in [1.82, 2.24) is 29.8 Å². The molecule has 1 saturated carbocycles. The van der Waals surface area contributed by atoms with Gasteiger partial charge in [0.15, 0.2) is 5.65 Å². The van der Waals surface area contributed by atoms with E-state index in [1.165, 1.54) is 12.8 Å². The molecule has 4 heterocycles. The van der Waals surface area contributed by atoms with Crippen LogP contribution in [-0.2, 0) is 17.8 Å². The maximum Gasteiger partial charge on any atom is 0.220 e. The summed E-state index contributed by atoms with van der Waals surface area (Å²) in [6, 6.07) is 8.65. The molecule has 2 fully saturated rings. The number of carbonyl (C=O) groups is 1. The molecule has 7 nitrogen and oxygen atoms in total. The van der Waals surface area contributed by atoms with Crippen molar-refractivity contribution in [2.75, 3.05) is 13.1 Å². The summed E-state index contributed by atoms with van der Waals surface area (Å²) in [7, 11) is 0. The van der Waals surface area contributed by atoms with Crippen molar-refractivity contribution < 1.29 is 4.79 Å². The summed E-state index contributed by atoms with van der Waals surface area (Å²) in [5, 5.41) is 8.06. The van der Waals surface area contributed by atoms with Gasteiger partial charge < -0.3 is 5.32 Å². The Morgan fingerprint density at radius 2 is 2.00 bits per heavy atom.